The fraction of sp³-hybridized carbons (Fsp3) is 0.222. The Morgan fingerprint density at radius 2 is 1.92 bits per heavy atom. The fourth-order valence-electron chi connectivity index (χ4n) is 1.92. The largest absolute Gasteiger partial charge is 0.493 e. The molecular formula is C18H18Cl2N2O2S. The van der Waals surface area contributed by atoms with Crippen molar-refractivity contribution in [2.45, 2.75) is 13.8 Å². The maximum Gasteiger partial charge on any atom is 0.257 e. The number of benzene rings is 2. The Hall–Kier alpha value is -1.82. The van der Waals surface area contributed by atoms with Crippen LogP contribution >= 0.6 is 35.4 Å². The first-order valence-electron chi connectivity index (χ1n) is 7.66. The average Bonchev–Trinajstić information content (AvgIpc) is 2.57. The molecule has 1 amide bonds. The van der Waals surface area contributed by atoms with Crippen LogP contribution in [0.4, 0.5) is 5.69 Å². The number of ether oxygens (including phenoxy) is 1. The molecule has 0 saturated carbocycles. The normalized spacial score (nSPS) is 10.4. The van der Waals surface area contributed by atoms with E-state index in [-0.39, 0.29) is 11.0 Å². The molecule has 2 aromatic carbocycles. The zero-order valence-corrected chi connectivity index (χ0v) is 16.1. The number of hydrogen-bond donors (Lipinski definition) is 2. The van der Waals surface area contributed by atoms with Crippen LogP contribution in [0.1, 0.15) is 24.2 Å². The van der Waals surface area contributed by atoms with Gasteiger partial charge in [-0.15, -0.1) is 0 Å². The molecule has 0 saturated heterocycles. The molecule has 0 fully saturated rings. The summed E-state index contributed by atoms with van der Waals surface area (Å²) < 4.78 is 5.63. The maximum atomic E-state index is 12.3. The molecule has 0 heterocycles. The SMILES string of the molecule is CC(C)COc1cccc(C(=O)NC(=S)Nc2cccc(Cl)c2Cl)c1. The summed E-state index contributed by atoms with van der Waals surface area (Å²) in [5.41, 5.74) is 0.969. The summed E-state index contributed by atoms with van der Waals surface area (Å²) in [6, 6.07) is 12.0. The number of carbonyl (C=O) groups is 1. The number of hydrogen-bond acceptors (Lipinski definition) is 3. The number of rotatable bonds is 5. The van der Waals surface area contributed by atoms with Crippen molar-refractivity contribution >= 4 is 52.1 Å². The van der Waals surface area contributed by atoms with E-state index < -0.39 is 0 Å². The van der Waals surface area contributed by atoms with E-state index >= 15 is 0 Å². The molecule has 0 aromatic heterocycles. The van der Waals surface area contributed by atoms with Crippen molar-refractivity contribution in [3.05, 3.63) is 58.1 Å². The van der Waals surface area contributed by atoms with Crippen molar-refractivity contribution in [2.75, 3.05) is 11.9 Å². The van der Waals surface area contributed by atoms with Gasteiger partial charge in [0.15, 0.2) is 5.11 Å². The molecule has 2 aromatic rings. The van der Waals surface area contributed by atoms with Gasteiger partial charge in [-0.25, -0.2) is 0 Å². The Bertz CT molecular complexity index is 781. The second-order valence-electron chi connectivity index (χ2n) is 5.74. The van der Waals surface area contributed by atoms with E-state index in [9.17, 15) is 4.79 Å². The second kappa shape index (κ2) is 9.04. The van der Waals surface area contributed by atoms with Gasteiger partial charge < -0.3 is 10.1 Å². The van der Waals surface area contributed by atoms with Crippen molar-refractivity contribution in [1.82, 2.24) is 5.32 Å². The third-order valence-corrected chi connectivity index (χ3v) is 4.13. The minimum absolute atomic E-state index is 0.127. The molecule has 0 unspecified atom stereocenters. The summed E-state index contributed by atoms with van der Waals surface area (Å²) in [7, 11) is 0. The topological polar surface area (TPSA) is 50.4 Å². The Balaban J connectivity index is 2.00. The lowest BCUT2D eigenvalue weighted by Crippen LogP contribution is -2.34. The quantitative estimate of drug-likeness (QED) is 0.685. The zero-order valence-electron chi connectivity index (χ0n) is 13.8. The molecule has 25 heavy (non-hydrogen) atoms. The molecule has 132 valence electrons. The Morgan fingerprint density at radius 1 is 1.20 bits per heavy atom. The molecule has 2 N–H and O–H groups in total. The Kier molecular flexibility index (Phi) is 7.05. The highest BCUT2D eigenvalue weighted by Crippen LogP contribution is 2.29. The van der Waals surface area contributed by atoms with Crippen LogP contribution in [0.15, 0.2) is 42.5 Å². The molecule has 0 radical (unpaired) electrons. The predicted octanol–water partition coefficient (Wildman–Crippen LogP) is 5.16. The lowest BCUT2D eigenvalue weighted by molar-refractivity contribution is 0.0977. The van der Waals surface area contributed by atoms with Crippen LogP contribution in [0, 0.1) is 5.92 Å². The van der Waals surface area contributed by atoms with Gasteiger partial charge in [0, 0.05) is 5.56 Å². The van der Waals surface area contributed by atoms with Gasteiger partial charge in [0.1, 0.15) is 5.75 Å². The van der Waals surface area contributed by atoms with Crippen LogP contribution in [0.5, 0.6) is 5.75 Å². The molecule has 0 aliphatic rings. The molecule has 2 rings (SSSR count). The van der Waals surface area contributed by atoms with Crippen molar-refractivity contribution in [3.8, 4) is 5.75 Å². The van der Waals surface area contributed by atoms with Gasteiger partial charge >= 0.3 is 0 Å². The van der Waals surface area contributed by atoms with E-state index in [1.54, 1.807) is 36.4 Å². The van der Waals surface area contributed by atoms with E-state index in [1.807, 2.05) is 6.07 Å². The van der Waals surface area contributed by atoms with Crippen molar-refractivity contribution in [1.29, 1.82) is 0 Å². The summed E-state index contributed by atoms with van der Waals surface area (Å²) in [6.45, 7) is 4.70. The summed E-state index contributed by atoms with van der Waals surface area (Å²) in [5.74, 6) is 0.695. The number of amides is 1. The first-order chi connectivity index (χ1) is 11.9. The Labute approximate surface area is 162 Å². The average molecular weight is 397 g/mol. The van der Waals surface area contributed by atoms with E-state index in [1.165, 1.54) is 0 Å². The van der Waals surface area contributed by atoms with Crippen molar-refractivity contribution < 1.29 is 9.53 Å². The first kappa shape index (κ1) is 19.5. The molecular weight excluding hydrogens is 379 g/mol. The van der Waals surface area contributed by atoms with Crippen LogP contribution in [0.2, 0.25) is 10.0 Å². The molecule has 7 heteroatoms. The number of anilines is 1. The van der Waals surface area contributed by atoms with Crippen LogP contribution in [-0.4, -0.2) is 17.6 Å². The summed E-state index contributed by atoms with van der Waals surface area (Å²) in [4.78, 5) is 12.3. The molecule has 0 spiro atoms. The Morgan fingerprint density at radius 3 is 2.64 bits per heavy atom. The number of halogens is 2. The predicted molar refractivity (Wildman–Crippen MR) is 107 cm³/mol. The van der Waals surface area contributed by atoms with Crippen LogP contribution in [-0.2, 0) is 0 Å². The third-order valence-electron chi connectivity index (χ3n) is 3.11. The van der Waals surface area contributed by atoms with E-state index in [0.29, 0.717) is 39.6 Å². The smallest absolute Gasteiger partial charge is 0.257 e. The third kappa shape index (κ3) is 5.88. The second-order valence-corrected chi connectivity index (χ2v) is 6.94. The van der Waals surface area contributed by atoms with E-state index in [2.05, 4.69) is 24.5 Å². The van der Waals surface area contributed by atoms with Crippen LogP contribution < -0.4 is 15.4 Å². The highest BCUT2D eigenvalue weighted by molar-refractivity contribution is 7.80. The summed E-state index contributed by atoms with van der Waals surface area (Å²) >= 11 is 17.2. The minimum atomic E-state index is -0.342. The van der Waals surface area contributed by atoms with Gasteiger partial charge in [0.05, 0.1) is 22.3 Å². The number of nitrogens with one attached hydrogen (secondary N) is 2. The molecule has 0 aliphatic carbocycles. The first-order valence-corrected chi connectivity index (χ1v) is 8.82. The molecule has 0 aliphatic heterocycles. The van der Waals surface area contributed by atoms with E-state index in [4.69, 9.17) is 40.2 Å². The molecule has 0 bridgehead atoms. The van der Waals surface area contributed by atoms with Crippen LogP contribution in [0.25, 0.3) is 0 Å². The van der Waals surface area contributed by atoms with Crippen LogP contribution in [0.3, 0.4) is 0 Å². The zero-order chi connectivity index (χ0) is 18.4. The van der Waals surface area contributed by atoms with Gasteiger partial charge in [0.2, 0.25) is 0 Å². The van der Waals surface area contributed by atoms with E-state index in [0.717, 1.165) is 0 Å². The van der Waals surface area contributed by atoms with Gasteiger partial charge in [-0.3, -0.25) is 10.1 Å². The minimum Gasteiger partial charge on any atom is -0.493 e. The summed E-state index contributed by atoms with van der Waals surface area (Å²) in [5, 5.41) is 6.33. The van der Waals surface area contributed by atoms with Gasteiger partial charge in [-0.05, 0) is 48.5 Å². The van der Waals surface area contributed by atoms with Gasteiger partial charge in [0.25, 0.3) is 5.91 Å². The lowest BCUT2D eigenvalue weighted by atomic mass is 10.2. The monoisotopic (exact) mass is 396 g/mol. The van der Waals surface area contributed by atoms with Gasteiger partial charge in [-0.2, -0.15) is 0 Å². The highest BCUT2D eigenvalue weighted by Gasteiger charge is 2.11. The number of carbonyl (C=O) groups excluding carboxylic acids is 1. The number of thiocarbonyl (C=S) groups is 1. The molecule has 4 nitrogen and oxygen atoms in total. The summed E-state index contributed by atoms with van der Waals surface area (Å²) in [6.07, 6.45) is 0. The van der Waals surface area contributed by atoms with Crippen molar-refractivity contribution in [2.24, 2.45) is 5.92 Å². The molecule has 0 atom stereocenters. The maximum absolute atomic E-state index is 12.3. The highest BCUT2D eigenvalue weighted by atomic mass is 35.5. The standard InChI is InChI=1S/C18H18Cl2N2O2S/c1-11(2)10-24-13-6-3-5-12(9-13)17(23)22-18(25)21-15-8-4-7-14(19)16(15)20/h3-9,11H,10H2,1-2H3,(H2,21,22,23,25). The lowest BCUT2D eigenvalue weighted by Gasteiger charge is -2.12. The van der Waals surface area contributed by atoms with Crippen molar-refractivity contribution in [3.63, 3.8) is 0 Å². The fourth-order valence-corrected chi connectivity index (χ4v) is 2.47. The van der Waals surface area contributed by atoms with Gasteiger partial charge in [-0.1, -0.05) is 49.2 Å².